The van der Waals surface area contributed by atoms with Crippen LogP contribution >= 0.6 is 0 Å². The lowest BCUT2D eigenvalue weighted by atomic mass is 9.60. The van der Waals surface area contributed by atoms with Gasteiger partial charge in [0.2, 0.25) is 5.91 Å². The van der Waals surface area contributed by atoms with Crippen molar-refractivity contribution in [3.63, 3.8) is 0 Å². The molecule has 6 nitrogen and oxygen atoms in total. The molecule has 1 aromatic carbocycles. The summed E-state index contributed by atoms with van der Waals surface area (Å²) in [5.74, 6) is 0.495. The molecule has 33 heavy (non-hydrogen) atoms. The van der Waals surface area contributed by atoms with Crippen LogP contribution in [0.5, 0.6) is 0 Å². The van der Waals surface area contributed by atoms with E-state index in [1.165, 1.54) is 5.56 Å². The quantitative estimate of drug-likeness (QED) is 0.621. The Morgan fingerprint density at radius 1 is 1.12 bits per heavy atom. The van der Waals surface area contributed by atoms with E-state index in [4.69, 9.17) is 0 Å². The smallest absolute Gasteiger partial charge is 0.321 e. The van der Waals surface area contributed by atoms with Crippen LogP contribution in [-0.2, 0) is 10.2 Å². The van der Waals surface area contributed by atoms with E-state index in [0.29, 0.717) is 19.0 Å². The number of carbonyl (C=O) groups is 2. The summed E-state index contributed by atoms with van der Waals surface area (Å²) in [6, 6.07) is 10.8. The maximum absolute atomic E-state index is 13.5. The van der Waals surface area contributed by atoms with E-state index >= 15 is 0 Å². The molecule has 1 saturated heterocycles. The molecule has 1 atom stereocenters. The predicted octanol–water partition coefficient (Wildman–Crippen LogP) is 4.07. The van der Waals surface area contributed by atoms with Crippen molar-refractivity contribution in [2.45, 2.75) is 88.2 Å². The third-order valence-corrected chi connectivity index (χ3v) is 8.87. The fourth-order valence-electron chi connectivity index (χ4n) is 6.37. The van der Waals surface area contributed by atoms with Gasteiger partial charge in [-0.2, -0.15) is 0 Å². The number of nitrogens with one attached hydrogen (secondary N) is 1. The minimum Gasteiger partial charge on any atom is -0.388 e. The maximum Gasteiger partial charge on any atom is 0.321 e. The summed E-state index contributed by atoms with van der Waals surface area (Å²) >= 11 is 0. The number of urea groups is 1. The predicted molar refractivity (Wildman–Crippen MR) is 130 cm³/mol. The molecule has 1 aromatic rings. The van der Waals surface area contributed by atoms with E-state index in [-0.39, 0.29) is 29.4 Å². The van der Waals surface area contributed by atoms with Crippen LogP contribution in [0.15, 0.2) is 30.3 Å². The zero-order valence-corrected chi connectivity index (χ0v) is 20.6. The van der Waals surface area contributed by atoms with E-state index < -0.39 is 5.60 Å². The molecule has 0 bridgehead atoms. The summed E-state index contributed by atoms with van der Waals surface area (Å²) in [6.07, 6.45) is 8.71. The van der Waals surface area contributed by atoms with Gasteiger partial charge in [0.25, 0.3) is 0 Å². The van der Waals surface area contributed by atoms with Gasteiger partial charge in [-0.25, -0.2) is 4.79 Å². The van der Waals surface area contributed by atoms with Crippen LogP contribution in [0.1, 0.15) is 77.2 Å². The Kier molecular flexibility index (Phi) is 6.77. The Morgan fingerprint density at radius 3 is 2.33 bits per heavy atom. The van der Waals surface area contributed by atoms with Crippen LogP contribution in [0.4, 0.5) is 4.79 Å². The summed E-state index contributed by atoms with van der Waals surface area (Å²) < 4.78 is 0. The van der Waals surface area contributed by atoms with Gasteiger partial charge in [-0.15, -0.1) is 0 Å². The van der Waals surface area contributed by atoms with Crippen molar-refractivity contribution in [2.24, 2.45) is 5.92 Å². The Labute approximate surface area is 198 Å². The van der Waals surface area contributed by atoms with Gasteiger partial charge in [0, 0.05) is 13.6 Å². The number of benzene rings is 1. The number of carbonyl (C=O) groups excluding carboxylic acids is 2. The van der Waals surface area contributed by atoms with Gasteiger partial charge in [0.05, 0.1) is 17.7 Å². The molecule has 182 valence electrons. The van der Waals surface area contributed by atoms with Crippen molar-refractivity contribution < 1.29 is 14.7 Å². The van der Waals surface area contributed by atoms with Crippen molar-refractivity contribution in [1.29, 1.82) is 0 Å². The molecule has 1 heterocycles. The molecule has 2 N–H and O–H groups in total. The molecule has 6 heteroatoms. The summed E-state index contributed by atoms with van der Waals surface area (Å²) in [6.45, 7) is 5.66. The Bertz CT molecular complexity index is 843. The second kappa shape index (κ2) is 9.28. The molecule has 3 amide bonds. The summed E-state index contributed by atoms with van der Waals surface area (Å²) in [5.41, 5.74) is 0.467. The standard InChI is InChI=1S/C27H41N3O3/c1-4-21(2)17-25(22-9-6-5-7-10-22)13-15-26(16-14-25)19-29(18-23(31)28-3)24(32)30(26)20-27(33)11-8-12-27/h5-7,9-10,21,33H,4,8,11-20H2,1-3H3,(H,28,31)/t21?,25-,26-. The van der Waals surface area contributed by atoms with Gasteiger partial charge in [-0.3, -0.25) is 4.79 Å². The first kappa shape index (κ1) is 24.1. The average Bonchev–Trinajstić information content (AvgIpc) is 3.05. The number of rotatable bonds is 8. The summed E-state index contributed by atoms with van der Waals surface area (Å²) in [4.78, 5) is 29.2. The average molecular weight is 456 g/mol. The normalized spacial score (nSPS) is 29.8. The molecular weight excluding hydrogens is 414 g/mol. The fraction of sp³-hybridized carbons (Fsp3) is 0.704. The molecule has 0 radical (unpaired) electrons. The number of hydrogen-bond acceptors (Lipinski definition) is 3. The van der Waals surface area contributed by atoms with Crippen molar-refractivity contribution in [2.75, 3.05) is 26.7 Å². The number of likely N-dealkylation sites (N-methyl/N-ethyl adjacent to an activating group) is 1. The minimum absolute atomic E-state index is 0.0860. The van der Waals surface area contributed by atoms with E-state index in [1.807, 2.05) is 4.90 Å². The van der Waals surface area contributed by atoms with E-state index in [2.05, 4.69) is 49.5 Å². The second-order valence-corrected chi connectivity index (χ2v) is 11.1. The first-order chi connectivity index (χ1) is 15.7. The Balaban J connectivity index is 1.60. The molecule has 1 aliphatic heterocycles. The molecular formula is C27H41N3O3. The fourth-order valence-corrected chi connectivity index (χ4v) is 6.37. The largest absolute Gasteiger partial charge is 0.388 e. The van der Waals surface area contributed by atoms with Crippen LogP contribution in [-0.4, -0.2) is 64.7 Å². The second-order valence-electron chi connectivity index (χ2n) is 11.1. The molecule has 2 aliphatic carbocycles. The lowest BCUT2D eigenvalue weighted by Gasteiger charge is -2.51. The maximum atomic E-state index is 13.5. The zero-order valence-electron chi connectivity index (χ0n) is 20.6. The van der Waals surface area contributed by atoms with Crippen molar-refractivity contribution in [3.05, 3.63) is 35.9 Å². The van der Waals surface area contributed by atoms with E-state index in [9.17, 15) is 14.7 Å². The van der Waals surface area contributed by atoms with Crippen molar-refractivity contribution >= 4 is 11.9 Å². The topological polar surface area (TPSA) is 72.9 Å². The number of hydrogen-bond donors (Lipinski definition) is 2. The van der Waals surface area contributed by atoms with Crippen LogP contribution in [0.3, 0.4) is 0 Å². The number of amides is 3. The highest BCUT2D eigenvalue weighted by Crippen LogP contribution is 2.51. The van der Waals surface area contributed by atoms with Crippen molar-refractivity contribution in [1.82, 2.24) is 15.1 Å². The van der Waals surface area contributed by atoms with Crippen LogP contribution in [0.2, 0.25) is 0 Å². The highest BCUT2D eigenvalue weighted by molar-refractivity contribution is 5.85. The number of β-amino-alcohol motifs (C(OH)–C–C–N with tert-alkyl or cyclic N) is 1. The van der Waals surface area contributed by atoms with Crippen molar-refractivity contribution in [3.8, 4) is 0 Å². The third-order valence-electron chi connectivity index (χ3n) is 8.87. The van der Waals surface area contributed by atoms with E-state index in [0.717, 1.165) is 57.8 Å². The summed E-state index contributed by atoms with van der Waals surface area (Å²) in [5, 5.41) is 13.6. The molecule has 3 aliphatic rings. The zero-order chi connectivity index (χ0) is 23.7. The summed E-state index contributed by atoms with van der Waals surface area (Å²) in [7, 11) is 1.61. The SMILES string of the molecule is CCC(C)C[C@]1(c2ccccc2)CC[C@]2(CC1)CN(CC(=O)NC)C(=O)N2CC1(O)CCC1. The third kappa shape index (κ3) is 4.64. The lowest BCUT2D eigenvalue weighted by Crippen LogP contribution is -2.58. The first-order valence-corrected chi connectivity index (χ1v) is 12.8. The Hall–Kier alpha value is -2.08. The van der Waals surface area contributed by atoms with Gasteiger partial charge in [0.1, 0.15) is 6.54 Å². The highest BCUT2D eigenvalue weighted by atomic mass is 16.3. The number of nitrogens with zero attached hydrogens (tertiary/aromatic N) is 2. The first-order valence-electron chi connectivity index (χ1n) is 12.8. The van der Waals surface area contributed by atoms with Gasteiger partial charge >= 0.3 is 6.03 Å². The lowest BCUT2D eigenvalue weighted by molar-refractivity contribution is -0.121. The number of aliphatic hydroxyl groups is 1. The van der Waals surface area contributed by atoms with Crippen LogP contribution < -0.4 is 5.32 Å². The molecule has 0 aromatic heterocycles. The molecule has 1 unspecified atom stereocenters. The van der Waals surface area contributed by atoms with E-state index in [1.54, 1.807) is 11.9 Å². The van der Waals surface area contributed by atoms with Gasteiger partial charge in [-0.1, -0.05) is 50.6 Å². The van der Waals surface area contributed by atoms with Crippen LogP contribution in [0.25, 0.3) is 0 Å². The monoisotopic (exact) mass is 455 g/mol. The highest BCUT2D eigenvalue weighted by Gasteiger charge is 2.56. The Morgan fingerprint density at radius 2 is 1.79 bits per heavy atom. The van der Waals surface area contributed by atoms with Gasteiger partial charge in [0.15, 0.2) is 0 Å². The van der Waals surface area contributed by atoms with Crippen LogP contribution in [0, 0.1) is 5.92 Å². The van der Waals surface area contributed by atoms with Gasteiger partial charge in [-0.05, 0) is 68.3 Å². The molecule has 1 spiro atoms. The molecule has 2 saturated carbocycles. The molecule has 3 fully saturated rings. The van der Waals surface area contributed by atoms with Gasteiger partial charge < -0.3 is 20.2 Å². The minimum atomic E-state index is -0.767. The molecule has 4 rings (SSSR count).